The van der Waals surface area contributed by atoms with Gasteiger partial charge in [-0.25, -0.2) is 15.0 Å². The quantitative estimate of drug-likeness (QED) is 0.395. The number of thioether (sulfide) groups is 1. The third kappa shape index (κ3) is 3.28. The Labute approximate surface area is 160 Å². The van der Waals surface area contributed by atoms with Crippen molar-refractivity contribution in [3.05, 3.63) is 58.3 Å². The minimum atomic E-state index is -0.193. The van der Waals surface area contributed by atoms with Crippen LogP contribution in [0.5, 0.6) is 0 Å². The molecule has 0 saturated carbocycles. The SMILES string of the molecule is CCc1ncc2c(=O)[nH]c3c(NCCc4ccccc4)nc(SC)nc3n12. The second kappa shape index (κ2) is 7.40. The van der Waals surface area contributed by atoms with Gasteiger partial charge in [0.15, 0.2) is 16.6 Å². The highest BCUT2D eigenvalue weighted by Gasteiger charge is 2.16. The first kappa shape index (κ1) is 17.5. The number of hydrogen-bond acceptors (Lipinski definition) is 6. The third-order valence-electron chi connectivity index (χ3n) is 4.43. The summed E-state index contributed by atoms with van der Waals surface area (Å²) < 4.78 is 1.83. The molecular weight excluding hydrogens is 360 g/mol. The van der Waals surface area contributed by atoms with Gasteiger partial charge in [-0.2, -0.15) is 0 Å². The molecule has 0 radical (unpaired) electrons. The lowest BCUT2D eigenvalue weighted by Crippen LogP contribution is -2.16. The van der Waals surface area contributed by atoms with E-state index in [4.69, 9.17) is 0 Å². The zero-order valence-electron chi connectivity index (χ0n) is 15.2. The first-order valence-corrected chi connectivity index (χ1v) is 10.1. The van der Waals surface area contributed by atoms with Gasteiger partial charge >= 0.3 is 0 Å². The average molecular weight is 380 g/mol. The van der Waals surface area contributed by atoms with Crippen molar-refractivity contribution in [2.45, 2.75) is 24.9 Å². The molecule has 2 N–H and O–H groups in total. The van der Waals surface area contributed by atoms with E-state index in [9.17, 15) is 4.79 Å². The van der Waals surface area contributed by atoms with Crippen molar-refractivity contribution in [3.8, 4) is 0 Å². The molecule has 4 aromatic rings. The topological polar surface area (TPSA) is 88.0 Å². The van der Waals surface area contributed by atoms with Crippen LogP contribution in [0.4, 0.5) is 5.82 Å². The van der Waals surface area contributed by atoms with Gasteiger partial charge < -0.3 is 10.3 Å². The molecule has 0 aliphatic heterocycles. The molecule has 4 rings (SSSR count). The van der Waals surface area contributed by atoms with Crippen LogP contribution in [0, 0.1) is 0 Å². The molecule has 0 atom stereocenters. The van der Waals surface area contributed by atoms with E-state index < -0.39 is 0 Å². The van der Waals surface area contributed by atoms with Gasteiger partial charge in [0.05, 0.1) is 6.20 Å². The lowest BCUT2D eigenvalue weighted by Gasteiger charge is -2.11. The van der Waals surface area contributed by atoms with Gasteiger partial charge in [0.2, 0.25) is 0 Å². The van der Waals surface area contributed by atoms with E-state index in [2.05, 4.69) is 37.4 Å². The molecule has 0 unspecified atom stereocenters. The van der Waals surface area contributed by atoms with Gasteiger partial charge in [-0.1, -0.05) is 49.0 Å². The van der Waals surface area contributed by atoms with Crippen molar-refractivity contribution < 1.29 is 0 Å². The van der Waals surface area contributed by atoms with Crippen LogP contribution in [0.1, 0.15) is 18.3 Å². The van der Waals surface area contributed by atoms with Crippen molar-refractivity contribution in [1.29, 1.82) is 0 Å². The molecule has 27 heavy (non-hydrogen) atoms. The number of H-pyrrole nitrogens is 1. The van der Waals surface area contributed by atoms with Crippen LogP contribution in [0.15, 0.2) is 46.5 Å². The first-order valence-electron chi connectivity index (χ1n) is 8.83. The molecule has 0 fully saturated rings. The monoisotopic (exact) mass is 380 g/mol. The Hall–Kier alpha value is -2.87. The van der Waals surface area contributed by atoms with Crippen LogP contribution in [0.25, 0.3) is 16.7 Å². The van der Waals surface area contributed by atoms with Gasteiger partial charge in [-0.15, -0.1) is 0 Å². The highest BCUT2D eigenvalue weighted by atomic mass is 32.2. The predicted molar refractivity (Wildman–Crippen MR) is 109 cm³/mol. The summed E-state index contributed by atoms with van der Waals surface area (Å²) in [7, 11) is 0. The molecule has 138 valence electrons. The summed E-state index contributed by atoms with van der Waals surface area (Å²) in [6.45, 7) is 2.71. The van der Waals surface area contributed by atoms with Crippen LogP contribution in [-0.2, 0) is 12.8 Å². The molecule has 3 aromatic heterocycles. The molecule has 3 heterocycles. The van der Waals surface area contributed by atoms with Crippen LogP contribution in [0.3, 0.4) is 0 Å². The Morgan fingerprint density at radius 3 is 2.78 bits per heavy atom. The summed E-state index contributed by atoms with van der Waals surface area (Å²) in [6, 6.07) is 10.3. The summed E-state index contributed by atoms with van der Waals surface area (Å²) in [5.74, 6) is 1.44. The number of fused-ring (bicyclic) bond motifs is 3. The van der Waals surface area contributed by atoms with Crippen molar-refractivity contribution in [1.82, 2.24) is 24.3 Å². The maximum absolute atomic E-state index is 12.5. The molecule has 0 aliphatic carbocycles. The number of rotatable bonds is 6. The first-order chi connectivity index (χ1) is 13.2. The largest absolute Gasteiger partial charge is 0.368 e. The molecular formula is C19H20N6OS. The van der Waals surface area contributed by atoms with Crippen LogP contribution in [-0.4, -0.2) is 37.1 Å². The number of imidazole rings is 1. The van der Waals surface area contributed by atoms with E-state index >= 15 is 0 Å². The number of aromatic amines is 1. The number of nitrogens with one attached hydrogen (secondary N) is 2. The number of benzene rings is 1. The minimum Gasteiger partial charge on any atom is -0.368 e. The van der Waals surface area contributed by atoms with E-state index in [0.29, 0.717) is 40.6 Å². The maximum Gasteiger partial charge on any atom is 0.274 e. The third-order valence-corrected chi connectivity index (χ3v) is 4.98. The fourth-order valence-corrected chi connectivity index (χ4v) is 3.47. The number of aryl methyl sites for hydroxylation is 1. The van der Waals surface area contributed by atoms with Gasteiger partial charge in [0.1, 0.15) is 16.9 Å². The van der Waals surface area contributed by atoms with Gasteiger partial charge in [-0.05, 0) is 18.2 Å². The van der Waals surface area contributed by atoms with Gasteiger partial charge in [0.25, 0.3) is 5.56 Å². The number of anilines is 1. The fourth-order valence-electron chi connectivity index (χ4n) is 3.11. The van der Waals surface area contributed by atoms with Crippen molar-refractivity contribution in [2.75, 3.05) is 18.1 Å². The second-order valence-electron chi connectivity index (χ2n) is 6.12. The zero-order chi connectivity index (χ0) is 18.8. The smallest absolute Gasteiger partial charge is 0.274 e. The van der Waals surface area contributed by atoms with Crippen LogP contribution < -0.4 is 10.9 Å². The second-order valence-corrected chi connectivity index (χ2v) is 6.90. The molecule has 0 saturated heterocycles. The molecule has 0 bridgehead atoms. The summed E-state index contributed by atoms with van der Waals surface area (Å²) >= 11 is 1.47. The normalized spacial score (nSPS) is 11.3. The van der Waals surface area contributed by atoms with E-state index in [1.165, 1.54) is 17.3 Å². The Balaban J connectivity index is 1.79. The summed E-state index contributed by atoms with van der Waals surface area (Å²) in [5, 5.41) is 4.01. The fraction of sp³-hybridized carbons (Fsp3) is 0.263. The van der Waals surface area contributed by atoms with E-state index in [0.717, 1.165) is 12.2 Å². The van der Waals surface area contributed by atoms with Crippen molar-refractivity contribution in [3.63, 3.8) is 0 Å². The highest BCUT2D eigenvalue weighted by Crippen LogP contribution is 2.22. The molecule has 7 nitrogen and oxygen atoms in total. The van der Waals surface area contributed by atoms with Crippen molar-refractivity contribution >= 4 is 34.3 Å². The van der Waals surface area contributed by atoms with E-state index in [-0.39, 0.29) is 5.56 Å². The molecule has 0 aliphatic rings. The summed E-state index contributed by atoms with van der Waals surface area (Å²) in [5.41, 5.74) is 2.82. The molecule has 1 aromatic carbocycles. The average Bonchev–Trinajstić information content (AvgIpc) is 3.14. The maximum atomic E-state index is 12.5. The van der Waals surface area contributed by atoms with Crippen LogP contribution >= 0.6 is 11.8 Å². The Morgan fingerprint density at radius 1 is 1.22 bits per heavy atom. The minimum absolute atomic E-state index is 0.193. The summed E-state index contributed by atoms with van der Waals surface area (Å²) in [6.07, 6.45) is 5.10. The molecule has 8 heteroatoms. The van der Waals surface area contributed by atoms with Gasteiger partial charge in [0, 0.05) is 13.0 Å². The lowest BCUT2D eigenvalue weighted by atomic mass is 10.1. The summed E-state index contributed by atoms with van der Waals surface area (Å²) in [4.78, 5) is 29.0. The Morgan fingerprint density at radius 2 is 2.04 bits per heavy atom. The standard InChI is InChI=1S/C19H20N6OS/c1-3-14-21-11-13-18(26)22-15-16(20-10-9-12-7-5-4-6-8-12)23-19(27-2)24-17(15)25(13)14/h4-8,11H,3,9-10H2,1-2H3,(H,22,26)(H,20,23,24). The highest BCUT2D eigenvalue weighted by molar-refractivity contribution is 7.98. The predicted octanol–water partition coefficient (Wildman–Crippen LogP) is 2.90. The zero-order valence-corrected chi connectivity index (χ0v) is 16.0. The van der Waals surface area contributed by atoms with Gasteiger partial charge in [-0.3, -0.25) is 9.20 Å². The van der Waals surface area contributed by atoms with Crippen LogP contribution in [0.2, 0.25) is 0 Å². The molecule has 0 spiro atoms. The number of hydrogen-bond donors (Lipinski definition) is 2. The lowest BCUT2D eigenvalue weighted by molar-refractivity contribution is 0.904. The van der Waals surface area contributed by atoms with Crippen molar-refractivity contribution in [2.24, 2.45) is 0 Å². The number of nitrogens with zero attached hydrogens (tertiary/aromatic N) is 4. The number of aromatic nitrogens is 5. The van der Waals surface area contributed by atoms with E-state index in [1.807, 2.05) is 35.8 Å². The Kier molecular flexibility index (Phi) is 4.81. The molecule has 0 amide bonds. The van der Waals surface area contributed by atoms with E-state index in [1.54, 1.807) is 6.20 Å². The Bertz CT molecular complexity index is 1150.